The van der Waals surface area contributed by atoms with E-state index in [-0.39, 0.29) is 5.41 Å². The molecule has 1 saturated heterocycles. The molecule has 0 aromatic heterocycles. The van der Waals surface area contributed by atoms with Crippen molar-refractivity contribution in [2.45, 2.75) is 20.3 Å². The maximum atomic E-state index is 10.9. The lowest BCUT2D eigenvalue weighted by atomic mass is 9.89. The van der Waals surface area contributed by atoms with Gasteiger partial charge in [-0.25, -0.2) is 0 Å². The Morgan fingerprint density at radius 1 is 1.46 bits per heavy atom. The van der Waals surface area contributed by atoms with Crippen molar-refractivity contribution in [3.63, 3.8) is 0 Å². The second-order valence-corrected chi connectivity index (χ2v) is 5.24. The van der Waals surface area contributed by atoms with E-state index in [9.17, 15) is 4.79 Å². The van der Waals surface area contributed by atoms with Gasteiger partial charge in [-0.1, -0.05) is 13.8 Å². The van der Waals surface area contributed by atoms with E-state index in [1.54, 1.807) is 0 Å². The third kappa shape index (κ3) is 3.31. The van der Waals surface area contributed by atoms with Crippen molar-refractivity contribution >= 4 is 18.0 Å². The molecule has 0 aromatic carbocycles. The number of carbonyl (C=O) groups is 1. The Kier molecular flexibility index (Phi) is 4.26. The zero-order chi connectivity index (χ0) is 9.73. The molecule has 1 rings (SSSR count). The van der Waals surface area contributed by atoms with Crippen LogP contribution in [0.5, 0.6) is 0 Å². The first-order chi connectivity index (χ1) is 6.20. The van der Waals surface area contributed by atoms with Crippen LogP contribution in [0, 0.1) is 5.41 Å². The quantitative estimate of drug-likeness (QED) is 0.645. The molecule has 76 valence electrons. The molecule has 13 heavy (non-hydrogen) atoms. The first-order valence-electron chi connectivity index (χ1n) is 4.96. The Hall–Kier alpha value is -0.0200. The van der Waals surface area contributed by atoms with Crippen LogP contribution >= 0.6 is 11.8 Å². The second-order valence-electron chi connectivity index (χ2n) is 4.01. The molecule has 1 unspecified atom stereocenters. The maximum absolute atomic E-state index is 10.9. The molecule has 1 atom stereocenters. The van der Waals surface area contributed by atoms with Crippen LogP contribution in [0.15, 0.2) is 0 Å². The van der Waals surface area contributed by atoms with E-state index in [1.165, 1.54) is 11.5 Å². The molecular formula is C10H19NOS. The summed E-state index contributed by atoms with van der Waals surface area (Å²) in [6.07, 6.45) is 2.06. The average Bonchev–Trinajstić information content (AvgIpc) is 2.19. The molecule has 0 amide bonds. The summed E-state index contributed by atoms with van der Waals surface area (Å²) in [6.45, 7) is 7.38. The fourth-order valence-corrected chi connectivity index (χ4v) is 2.48. The van der Waals surface area contributed by atoms with Crippen LogP contribution < -0.4 is 0 Å². The van der Waals surface area contributed by atoms with Crippen LogP contribution in [0.2, 0.25) is 0 Å². The molecule has 0 aliphatic carbocycles. The minimum Gasteiger partial charge on any atom is -0.303 e. The third-order valence-electron chi connectivity index (χ3n) is 2.78. The summed E-state index contributed by atoms with van der Waals surface area (Å²) in [5.41, 5.74) is -0.123. The molecule has 1 aliphatic heterocycles. The number of carbonyl (C=O) groups excluding carboxylic acids is 1. The maximum Gasteiger partial charge on any atom is 0.127 e. The molecule has 2 nitrogen and oxygen atoms in total. The monoisotopic (exact) mass is 201 g/mol. The largest absolute Gasteiger partial charge is 0.303 e. The van der Waals surface area contributed by atoms with Crippen molar-refractivity contribution in [2.24, 2.45) is 5.41 Å². The molecule has 0 N–H and O–H groups in total. The molecule has 0 aromatic rings. The number of rotatable bonds is 4. The van der Waals surface area contributed by atoms with Gasteiger partial charge in [0.25, 0.3) is 0 Å². The van der Waals surface area contributed by atoms with E-state index in [0.29, 0.717) is 0 Å². The number of nitrogens with zero attached hydrogens (tertiary/aromatic N) is 1. The summed E-state index contributed by atoms with van der Waals surface area (Å²) in [5, 5.41) is 0. The lowest BCUT2D eigenvalue weighted by Gasteiger charge is -2.33. The SMILES string of the molecule is CCC(C)(C=O)CN1CCSCC1. The van der Waals surface area contributed by atoms with Crippen LogP contribution in [0.3, 0.4) is 0 Å². The summed E-state index contributed by atoms with van der Waals surface area (Å²) >= 11 is 2.01. The van der Waals surface area contributed by atoms with Crippen molar-refractivity contribution in [3.8, 4) is 0 Å². The fourth-order valence-electron chi connectivity index (χ4n) is 1.50. The highest BCUT2D eigenvalue weighted by molar-refractivity contribution is 7.99. The van der Waals surface area contributed by atoms with Gasteiger partial charge in [0, 0.05) is 36.6 Å². The van der Waals surface area contributed by atoms with Crippen LogP contribution in [-0.2, 0) is 4.79 Å². The van der Waals surface area contributed by atoms with Crippen molar-refractivity contribution in [1.82, 2.24) is 4.90 Å². The topological polar surface area (TPSA) is 20.3 Å². The van der Waals surface area contributed by atoms with Crippen LogP contribution in [0.4, 0.5) is 0 Å². The van der Waals surface area contributed by atoms with E-state index in [4.69, 9.17) is 0 Å². The van der Waals surface area contributed by atoms with Gasteiger partial charge in [-0.15, -0.1) is 0 Å². The van der Waals surface area contributed by atoms with Crippen molar-refractivity contribution < 1.29 is 4.79 Å². The van der Waals surface area contributed by atoms with Crippen molar-refractivity contribution in [3.05, 3.63) is 0 Å². The first-order valence-corrected chi connectivity index (χ1v) is 6.12. The number of aldehydes is 1. The summed E-state index contributed by atoms with van der Waals surface area (Å²) in [7, 11) is 0. The molecule has 0 bridgehead atoms. The molecule has 0 radical (unpaired) electrons. The Bertz CT molecular complexity index is 168. The zero-order valence-electron chi connectivity index (χ0n) is 8.58. The third-order valence-corrected chi connectivity index (χ3v) is 3.72. The summed E-state index contributed by atoms with van der Waals surface area (Å²) in [5.74, 6) is 2.44. The van der Waals surface area contributed by atoms with Gasteiger partial charge < -0.3 is 9.69 Å². The lowest BCUT2D eigenvalue weighted by Crippen LogP contribution is -2.41. The van der Waals surface area contributed by atoms with E-state index < -0.39 is 0 Å². The van der Waals surface area contributed by atoms with Gasteiger partial charge in [-0.2, -0.15) is 11.8 Å². The standard InChI is InChI=1S/C10H19NOS/c1-3-10(2,9-12)8-11-4-6-13-7-5-11/h9H,3-8H2,1-2H3. The van der Waals surface area contributed by atoms with Crippen molar-refractivity contribution in [1.29, 1.82) is 0 Å². The molecule has 0 spiro atoms. The van der Waals surface area contributed by atoms with E-state index >= 15 is 0 Å². The predicted octanol–water partition coefficient (Wildman–Crippen LogP) is 1.65. The van der Waals surface area contributed by atoms with Gasteiger partial charge in [-0.05, 0) is 6.42 Å². The van der Waals surface area contributed by atoms with Gasteiger partial charge in [-0.3, -0.25) is 0 Å². The number of hydrogen-bond acceptors (Lipinski definition) is 3. The predicted molar refractivity (Wildman–Crippen MR) is 58.2 cm³/mol. The minimum absolute atomic E-state index is 0.123. The highest BCUT2D eigenvalue weighted by Crippen LogP contribution is 2.21. The Morgan fingerprint density at radius 3 is 2.54 bits per heavy atom. The minimum atomic E-state index is -0.123. The van der Waals surface area contributed by atoms with Gasteiger partial charge in [0.1, 0.15) is 6.29 Å². The van der Waals surface area contributed by atoms with Gasteiger partial charge >= 0.3 is 0 Å². The molecule has 1 aliphatic rings. The lowest BCUT2D eigenvalue weighted by molar-refractivity contribution is -0.116. The summed E-state index contributed by atoms with van der Waals surface area (Å²) < 4.78 is 0. The highest BCUT2D eigenvalue weighted by Gasteiger charge is 2.25. The Labute approximate surface area is 85.1 Å². The smallest absolute Gasteiger partial charge is 0.127 e. The molecule has 1 fully saturated rings. The first kappa shape index (κ1) is 11.1. The fraction of sp³-hybridized carbons (Fsp3) is 0.900. The number of hydrogen-bond donors (Lipinski definition) is 0. The summed E-state index contributed by atoms with van der Waals surface area (Å²) in [4.78, 5) is 13.3. The molecular weight excluding hydrogens is 182 g/mol. The summed E-state index contributed by atoms with van der Waals surface area (Å²) in [6, 6.07) is 0. The van der Waals surface area contributed by atoms with Gasteiger partial charge in [0.2, 0.25) is 0 Å². The Balaban J connectivity index is 2.40. The van der Waals surface area contributed by atoms with Gasteiger partial charge in [0.15, 0.2) is 0 Å². The van der Waals surface area contributed by atoms with E-state index in [2.05, 4.69) is 18.7 Å². The highest BCUT2D eigenvalue weighted by atomic mass is 32.2. The molecule has 0 saturated carbocycles. The van der Waals surface area contributed by atoms with Crippen LogP contribution in [-0.4, -0.2) is 42.3 Å². The second kappa shape index (κ2) is 5.01. The van der Waals surface area contributed by atoms with E-state index in [1.807, 2.05) is 11.8 Å². The number of thioether (sulfide) groups is 1. The van der Waals surface area contributed by atoms with Crippen LogP contribution in [0.1, 0.15) is 20.3 Å². The molecule has 3 heteroatoms. The Morgan fingerprint density at radius 2 is 2.08 bits per heavy atom. The molecule has 1 heterocycles. The van der Waals surface area contributed by atoms with E-state index in [0.717, 1.165) is 32.3 Å². The van der Waals surface area contributed by atoms with Gasteiger partial charge in [0.05, 0.1) is 0 Å². The van der Waals surface area contributed by atoms with Crippen LogP contribution in [0.25, 0.3) is 0 Å². The zero-order valence-corrected chi connectivity index (χ0v) is 9.40. The average molecular weight is 201 g/mol. The van der Waals surface area contributed by atoms with Crippen molar-refractivity contribution in [2.75, 3.05) is 31.1 Å². The normalized spacial score (nSPS) is 23.8.